The van der Waals surface area contributed by atoms with E-state index in [1.54, 1.807) is 23.9 Å². The van der Waals surface area contributed by atoms with Gasteiger partial charge in [-0.3, -0.25) is 9.36 Å². The van der Waals surface area contributed by atoms with E-state index in [4.69, 9.17) is 9.47 Å². The van der Waals surface area contributed by atoms with Crippen molar-refractivity contribution in [2.75, 3.05) is 34.4 Å². The van der Waals surface area contributed by atoms with Crippen LogP contribution in [-0.2, 0) is 0 Å². The number of rotatable bonds is 6. The van der Waals surface area contributed by atoms with Crippen LogP contribution in [0.4, 0.5) is 0 Å². The molecule has 0 aliphatic carbocycles. The number of carbonyl (C=O) groups is 1. The number of carbonyl (C=O) groups excluding carboxylic acids is 1. The normalized spacial score (nSPS) is 11.1. The van der Waals surface area contributed by atoms with Gasteiger partial charge in [-0.25, -0.2) is 0 Å². The second kappa shape index (κ2) is 7.93. The van der Waals surface area contributed by atoms with Gasteiger partial charge >= 0.3 is 0 Å². The van der Waals surface area contributed by atoms with E-state index < -0.39 is 0 Å². The zero-order chi connectivity index (χ0) is 18.7. The summed E-state index contributed by atoms with van der Waals surface area (Å²) in [6.45, 7) is 1.32. The second-order valence-electron chi connectivity index (χ2n) is 6.18. The molecule has 1 heterocycles. The molecular formula is C20H21BrN2O3. The Hall–Kier alpha value is -2.31. The van der Waals surface area contributed by atoms with E-state index in [1.807, 2.05) is 55.4 Å². The Morgan fingerprint density at radius 1 is 1.19 bits per heavy atom. The van der Waals surface area contributed by atoms with Crippen LogP contribution < -0.4 is 9.47 Å². The van der Waals surface area contributed by atoms with Crippen LogP contribution >= 0.6 is 15.9 Å². The molecule has 0 atom stereocenters. The van der Waals surface area contributed by atoms with E-state index in [0.29, 0.717) is 17.9 Å². The van der Waals surface area contributed by atoms with Gasteiger partial charge in [-0.2, -0.15) is 0 Å². The predicted octanol–water partition coefficient (Wildman–Crippen LogP) is 4.04. The Morgan fingerprint density at radius 3 is 2.65 bits per heavy atom. The molecule has 3 rings (SSSR count). The number of hydrogen-bond donors (Lipinski definition) is 0. The van der Waals surface area contributed by atoms with Gasteiger partial charge in [0.2, 0.25) is 0 Å². The van der Waals surface area contributed by atoms with Crippen molar-refractivity contribution in [1.82, 2.24) is 9.47 Å². The molecule has 6 heteroatoms. The molecule has 0 amide bonds. The van der Waals surface area contributed by atoms with E-state index in [9.17, 15) is 4.79 Å². The molecule has 0 N–H and O–H groups in total. The lowest BCUT2D eigenvalue weighted by Gasteiger charge is -2.10. The first-order valence-corrected chi connectivity index (χ1v) is 9.06. The molecule has 5 nitrogen and oxygen atoms in total. The Bertz CT molecular complexity index is 934. The zero-order valence-electron chi connectivity index (χ0n) is 15.0. The van der Waals surface area contributed by atoms with Gasteiger partial charge in [-0.15, -0.1) is 0 Å². The molecular weight excluding hydrogens is 396 g/mol. The van der Waals surface area contributed by atoms with Crippen LogP contribution in [0.1, 0.15) is 10.4 Å². The molecule has 3 aromatic rings. The Balaban J connectivity index is 2.05. The van der Waals surface area contributed by atoms with Gasteiger partial charge in [-0.1, -0.05) is 12.1 Å². The Morgan fingerprint density at radius 2 is 1.96 bits per heavy atom. The number of methoxy groups -OCH3 is 1. The largest absolute Gasteiger partial charge is 0.497 e. The maximum atomic E-state index is 13.1. The molecule has 1 aromatic heterocycles. The van der Waals surface area contributed by atoms with Gasteiger partial charge < -0.3 is 14.4 Å². The first kappa shape index (κ1) is 18.5. The third-order valence-corrected chi connectivity index (χ3v) is 4.79. The van der Waals surface area contributed by atoms with E-state index in [-0.39, 0.29) is 5.91 Å². The quantitative estimate of drug-likeness (QED) is 0.607. The number of hydrogen-bond acceptors (Lipinski definition) is 4. The van der Waals surface area contributed by atoms with Crippen molar-refractivity contribution < 1.29 is 14.3 Å². The first-order chi connectivity index (χ1) is 12.5. The van der Waals surface area contributed by atoms with Crippen molar-refractivity contribution in [1.29, 1.82) is 0 Å². The maximum absolute atomic E-state index is 13.1. The topological polar surface area (TPSA) is 43.7 Å². The lowest BCUT2D eigenvalue weighted by molar-refractivity contribution is 0.0963. The van der Waals surface area contributed by atoms with Crippen molar-refractivity contribution in [3.8, 4) is 11.5 Å². The van der Waals surface area contributed by atoms with E-state index in [1.165, 1.54) is 0 Å². The SMILES string of the molecule is COc1ccc2c(c1)c(OCCN(C)C)cn2C(=O)c1ccccc1Br. The highest BCUT2D eigenvalue weighted by molar-refractivity contribution is 9.10. The van der Waals surface area contributed by atoms with Crippen LogP contribution in [0.2, 0.25) is 0 Å². The molecule has 0 bridgehead atoms. The summed E-state index contributed by atoms with van der Waals surface area (Å²) in [7, 11) is 5.61. The summed E-state index contributed by atoms with van der Waals surface area (Å²) >= 11 is 3.45. The summed E-state index contributed by atoms with van der Waals surface area (Å²) in [5.41, 5.74) is 1.38. The van der Waals surface area contributed by atoms with E-state index in [0.717, 1.165) is 27.7 Å². The average Bonchev–Trinajstić information content (AvgIpc) is 2.99. The summed E-state index contributed by atoms with van der Waals surface area (Å²) in [6.07, 6.45) is 1.75. The summed E-state index contributed by atoms with van der Waals surface area (Å²) in [5, 5.41) is 0.850. The number of fused-ring (bicyclic) bond motifs is 1. The number of aromatic nitrogens is 1. The van der Waals surface area contributed by atoms with Gasteiger partial charge in [-0.05, 0) is 60.4 Å². The molecule has 26 heavy (non-hydrogen) atoms. The predicted molar refractivity (Wildman–Crippen MR) is 106 cm³/mol. The van der Waals surface area contributed by atoms with Crippen molar-refractivity contribution in [3.05, 3.63) is 58.7 Å². The fourth-order valence-electron chi connectivity index (χ4n) is 2.69. The molecule has 2 aromatic carbocycles. The smallest absolute Gasteiger partial charge is 0.263 e. The van der Waals surface area contributed by atoms with Gasteiger partial charge in [0.1, 0.15) is 18.1 Å². The lowest BCUT2D eigenvalue weighted by atomic mass is 10.2. The maximum Gasteiger partial charge on any atom is 0.263 e. The number of likely N-dealkylation sites (N-methyl/N-ethyl adjacent to an activating group) is 1. The monoisotopic (exact) mass is 416 g/mol. The van der Waals surface area contributed by atoms with Gasteiger partial charge in [0.05, 0.1) is 24.4 Å². The number of benzene rings is 2. The van der Waals surface area contributed by atoms with Crippen LogP contribution in [0.3, 0.4) is 0 Å². The van der Waals surface area contributed by atoms with Gasteiger partial charge in [0.15, 0.2) is 0 Å². The first-order valence-electron chi connectivity index (χ1n) is 8.27. The van der Waals surface area contributed by atoms with Gasteiger partial charge in [0.25, 0.3) is 5.91 Å². The van der Waals surface area contributed by atoms with Crippen molar-refractivity contribution >= 4 is 32.7 Å². The fraction of sp³-hybridized carbons (Fsp3) is 0.250. The molecule has 136 valence electrons. The zero-order valence-corrected chi connectivity index (χ0v) is 16.6. The molecule has 0 fully saturated rings. The molecule has 0 saturated heterocycles. The van der Waals surface area contributed by atoms with Gasteiger partial charge in [0, 0.05) is 16.4 Å². The number of halogens is 1. The van der Waals surface area contributed by atoms with Crippen molar-refractivity contribution in [2.24, 2.45) is 0 Å². The molecule has 0 unspecified atom stereocenters. The highest BCUT2D eigenvalue weighted by Crippen LogP contribution is 2.32. The minimum Gasteiger partial charge on any atom is -0.497 e. The van der Waals surface area contributed by atoms with Crippen LogP contribution in [0.5, 0.6) is 11.5 Å². The van der Waals surface area contributed by atoms with Crippen LogP contribution in [0.25, 0.3) is 10.9 Å². The lowest BCUT2D eigenvalue weighted by Crippen LogP contribution is -2.19. The summed E-state index contributed by atoms with van der Waals surface area (Å²) in [5.74, 6) is 1.28. The Kier molecular flexibility index (Phi) is 5.64. The highest BCUT2D eigenvalue weighted by Gasteiger charge is 2.18. The number of nitrogens with zero attached hydrogens (tertiary/aromatic N) is 2. The molecule has 0 radical (unpaired) electrons. The standard InChI is InChI=1S/C20H21BrN2O3/c1-22(2)10-11-26-19-13-23(18-9-8-14(25-3)12-16(18)19)20(24)15-6-4-5-7-17(15)21/h4-9,12-13H,10-11H2,1-3H3. The molecule has 0 aliphatic rings. The Labute approximate surface area is 161 Å². The van der Waals surface area contributed by atoms with Crippen LogP contribution in [0.15, 0.2) is 53.1 Å². The molecule has 0 saturated carbocycles. The minimum atomic E-state index is -0.116. The van der Waals surface area contributed by atoms with Crippen LogP contribution in [-0.4, -0.2) is 49.7 Å². The summed E-state index contributed by atoms with van der Waals surface area (Å²) < 4.78 is 13.7. The van der Waals surface area contributed by atoms with Crippen LogP contribution in [0, 0.1) is 0 Å². The van der Waals surface area contributed by atoms with Crippen molar-refractivity contribution in [3.63, 3.8) is 0 Å². The van der Waals surface area contributed by atoms with E-state index >= 15 is 0 Å². The highest BCUT2D eigenvalue weighted by atomic mass is 79.9. The third kappa shape index (κ3) is 3.76. The minimum absolute atomic E-state index is 0.116. The summed E-state index contributed by atoms with van der Waals surface area (Å²) in [6, 6.07) is 13.0. The third-order valence-electron chi connectivity index (χ3n) is 4.09. The van der Waals surface area contributed by atoms with E-state index in [2.05, 4.69) is 15.9 Å². The summed E-state index contributed by atoms with van der Waals surface area (Å²) in [4.78, 5) is 15.1. The van der Waals surface area contributed by atoms with Crippen molar-refractivity contribution in [2.45, 2.75) is 0 Å². The molecule has 0 spiro atoms. The molecule has 0 aliphatic heterocycles. The number of ether oxygens (including phenoxy) is 2. The fourth-order valence-corrected chi connectivity index (χ4v) is 3.15. The average molecular weight is 417 g/mol. The second-order valence-corrected chi connectivity index (χ2v) is 7.04.